The number of carbonyl (C=O) groups excluding carboxylic acids is 2. The first-order valence-corrected chi connectivity index (χ1v) is 9.46. The summed E-state index contributed by atoms with van der Waals surface area (Å²) in [6.45, 7) is 2.04. The Morgan fingerprint density at radius 3 is 3.04 bits per heavy atom. The van der Waals surface area contributed by atoms with Crippen molar-refractivity contribution in [1.82, 2.24) is 20.2 Å². The lowest BCUT2D eigenvalue weighted by Gasteiger charge is -2.22. The molecule has 2 aromatic rings. The zero-order valence-electron chi connectivity index (χ0n) is 14.4. The lowest BCUT2D eigenvalue weighted by Crippen LogP contribution is -2.47. The van der Waals surface area contributed by atoms with Gasteiger partial charge in [-0.3, -0.25) is 14.5 Å². The number of hydrogen-bond acceptors (Lipinski definition) is 5. The Balaban J connectivity index is 1.64. The van der Waals surface area contributed by atoms with Crippen LogP contribution in [0, 0.1) is 5.82 Å². The summed E-state index contributed by atoms with van der Waals surface area (Å²) in [5.74, 6) is -1.03. The van der Waals surface area contributed by atoms with Crippen LogP contribution in [0.4, 0.5) is 4.39 Å². The number of thioether (sulfide) groups is 1. The van der Waals surface area contributed by atoms with Gasteiger partial charge in [0, 0.05) is 24.9 Å². The van der Waals surface area contributed by atoms with Gasteiger partial charge in [-0.15, -0.1) is 0 Å². The number of carbonyl (C=O) groups is 2. The SMILES string of the molecule is CC(C(=O)NCCc1cnc[nH]1)N1C(=O)C(=Cc2cccc(F)c2)SC1=S. The molecular formula is C18H17FN4O2S2. The first-order chi connectivity index (χ1) is 13.0. The number of H-pyrrole nitrogens is 1. The largest absolute Gasteiger partial charge is 0.354 e. The van der Waals surface area contributed by atoms with Crippen molar-refractivity contribution in [3.8, 4) is 0 Å². The van der Waals surface area contributed by atoms with Crippen molar-refractivity contribution >= 4 is 46.2 Å². The molecule has 3 rings (SSSR count). The Labute approximate surface area is 165 Å². The first-order valence-electron chi connectivity index (χ1n) is 8.23. The zero-order valence-corrected chi connectivity index (χ0v) is 16.1. The fraction of sp³-hybridized carbons (Fsp3) is 0.222. The molecule has 140 valence electrons. The van der Waals surface area contributed by atoms with Crippen LogP contribution in [-0.4, -0.2) is 43.6 Å². The molecule has 0 spiro atoms. The number of rotatable bonds is 6. The number of benzene rings is 1. The molecule has 27 heavy (non-hydrogen) atoms. The van der Waals surface area contributed by atoms with Crippen molar-refractivity contribution in [1.29, 1.82) is 0 Å². The maximum Gasteiger partial charge on any atom is 0.266 e. The van der Waals surface area contributed by atoms with E-state index in [1.165, 1.54) is 17.0 Å². The molecular weight excluding hydrogens is 387 g/mol. The summed E-state index contributed by atoms with van der Waals surface area (Å²) in [5.41, 5.74) is 1.47. The third-order valence-corrected chi connectivity index (χ3v) is 5.32. The summed E-state index contributed by atoms with van der Waals surface area (Å²) in [5, 5.41) is 2.79. The number of imidazole rings is 1. The molecule has 1 aliphatic rings. The number of hydrogen-bond donors (Lipinski definition) is 2. The molecule has 2 amide bonds. The fourth-order valence-corrected chi connectivity index (χ4v) is 3.99. The average molecular weight is 404 g/mol. The van der Waals surface area contributed by atoms with Crippen LogP contribution in [-0.2, 0) is 16.0 Å². The molecule has 0 bridgehead atoms. The molecule has 0 saturated carbocycles. The smallest absolute Gasteiger partial charge is 0.266 e. The van der Waals surface area contributed by atoms with Gasteiger partial charge in [0.25, 0.3) is 5.91 Å². The first kappa shape index (κ1) is 19.2. The highest BCUT2D eigenvalue weighted by Crippen LogP contribution is 2.34. The monoisotopic (exact) mass is 404 g/mol. The van der Waals surface area contributed by atoms with Gasteiger partial charge in [0.15, 0.2) is 0 Å². The van der Waals surface area contributed by atoms with E-state index in [2.05, 4.69) is 15.3 Å². The van der Waals surface area contributed by atoms with Crippen molar-refractivity contribution in [3.63, 3.8) is 0 Å². The van der Waals surface area contributed by atoms with Crippen molar-refractivity contribution in [2.75, 3.05) is 6.54 Å². The van der Waals surface area contributed by atoms with Crippen LogP contribution in [0.5, 0.6) is 0 Å². The summed E-state index contributed by atoms with van der Waals surface area (Å²) in [7, 11) is 0. The van der Waals surface area contributed by atoms with Gasteiger partial charge in [0.2, 0.25) is 5.91 Å². The van der Waals surface area contributed by atoms with Gasteiger partial charge < -0.3 is 10.3 Å². The van der Waals surface area contributed by atoms with E-state index in [-0.39, 0.29) is 17.6 Å². The van der Waals surface area contributed by atoms with Crippen LogP contribution in [0.25, 0.3) is 6.08 Å². The van der Waals surface area contributed by atoms with E-state index in [1.54, 1.807) is 37.7 Å². The van der Waals surface area contributed by atoms with E-state index >= 15 is 0 Å². The zero-order chi connectivity index (χ0) is 19.4. The summed E-state index contributed by atoms with van der Waals surface area (Å²) >= 11 is 6.37. The predicted molar refractivity (Wildman–Crippen MR) is 106 cm³/mol. The summed E-state index contributed by atoms with van der Waals surface area (Å²) in [6.07, 6.45) is 5.45. The molecule has 1 atom stereocenters. The molecule has 1 aromatic heterocycles. The molecule has 2 heterocycles. The number of halogens is 1. The lowest BCUT2D eigenvalue weighted by molar-refractivity contribution is -0.132. The second kappa shape index (κ2) is 8.45. The van der Waals surface area contributed by atoms with Crippen LogP contribution >= 0.6 is 24.0 Å². The van der Waals surface area contributed by atoms with Crippen molar-refractivity contribution in [3.05, 3.63) is 58.8 Å². The Morgan fingerprint density at radius 2 is 2.33 bits per heavy atom. The Bertz CT molecular complexity index is 899. The van der Waals surface area contributed by atoms with E-state index in [9.17, 15) is 14.0 Å². The van der Waals surface area contributed by atoms with Gasteiger partial charge in [0.05, 0.1) is 11.2 Å². The van der Waals surface area contributed by atoms with E-state index in [1.807, 2.05) is 0 Å². The highest BCUT2D eigenvalue weighted by Gasteiger charge is 2.38. The number of aromatic amines is 1. The predicted octanol–water partition coefficient (Wildman–Crippen LogP) is 2.50. The normalized spacial score (nSPS) is 16.8. The Kier molecular flexibility index (Phi) is 6.02. The molecule has 0 radical (unpaired) electrons. The minimum Gasteiger partial charge on any atom is -0.354 e. The van der Waals surface area contributed by atoms with Gasteiger partial charge in [-0.05, 0) is 30.7 Å². The molecule has 0 aliphatic carbocycles. The average Bonchev–Trinajstić information content (AvgIpc) is 3.23. The van der Waals surface area contributed by atoms with E-state index in [4.69, 9.17) is 12.2 Å². The molecule has 6 nitrogen and oxygen atoms in total. The topological polar surface area (TPSA) is 78.1 Å². The summed E-state index contributed by atoms with van der Waals surface area (Å²) in [6, 6.07) is 5.19. The van der Waals surface area contributed by atoms with Gasteiger partial charge in [-0.2, -0.15) is 0 Å². The highest BCUT2D eigenvalue weighted by atomic mass is 32.2. The molecule has 1 saturated heterocycles. The fourth-order valence-electron chi connectivity index (χ4n) is 2.57. The van der Waals surface area contributed by atoms with Gasteiger partial charge >= 0.3 is 0 Å². The highest BCUT2D eigenvalue weighted by molar-refractivity contribution is 8.26. The van der Waals surface area contributed by atoms with Crippen LogP contribution in [0.2, 0.25) is 0 Å². The van der Waals surface area contributed by atoms with Crippen molar-refractivity contribution in [2.45, 2.75) is 19.4 Å². The number of aromatic nitrogens is 2. The molecule has 2 N–H and O–H groups in total. The third kappa shape index (κ3) is 4.61. The van der Waals surface area contributed by atoms with Crippen LogP contribution in [0.15, 0.2) is 41.7 Å². The second-order valence-corrected chi connectivity index (χ2v) is 7.58. The van der Waals surface area contributed by atoms with E-state index in [0.29, 0.717) is 27.8 Å². The van der Waals surface area contributed by atoms with Crippen LogP contribution in [0.3, 0.4) is 0 Å². The van der Waals surface area contributed by atoms with Gasteiger partial charge in [0.1, 0.15) is 16.2 Å². The minimum atomic E-state index is -0.738. The van der Waals surface area contributed by atoms with Crippen molar-refractivity contribution in [2.24, 2.45) is 0 Å². The number of thiocarbonyl (C=S) groups is 1. The van der Waals surface area contributed by atoms with E-state index < -0.39 is 6.04 Å². The van der Waals surface area contributed by atoms with Crippen LogP contribution in [0.1, 0.15) is 18.2 Å². The minimum absolute atomic E-state index is 0.294. The van der Waals surface area contributed by atoms with Crippen molar-refractivity contribution < 1.29 is 14.0 Å². The Morgan fingerprint density at radius 1 is 1.52 bits per heavy atom. The number of nitrogens with one attached hydrogen (secondary N) is 2. The Hall–Kier alpha value is -2.52. The van der Waals surface area contributed by atoms with Gasteiger partial charge in [-0.25, -0.2) is 9.37 Å². The second-order valence-electron chi connectivity index (χ2n) is 5.90. The summed E-state index contributed by atoms with van der Waals surface area (Å²) in [4.78, 5) is 33.6. The maximum atomic E-state index is 13.3. The van der Waals surface area contributed by atoms with E-state index in [0.717, 1.165) is 17.5 Å². The molecule has 1 aromatic carbocycles. The summed E-state index contributed by atoms with van der Waals surface area (Å²) < 4.78 is 13.6. The van der Waals surface area contributed by atoms with Gasteiger partial charge in [-0.1, -0.05) is 36.1 Å². The quantitative estimate of drug-likeness (QED) is 0.571. The molecule has 9 heteroatoms. The third-order valence-electron chi connectivity index (χ3n) is 3.99. The lowest BCUT2D eigenvalue weighted by atomic mass is 10.2. The number of amides is 2. The molecule has 1 fully saturated rings. The molecule has 1 unspecified atom stereocenters. The van der Waals surface area contributed by atoms with Crippen LogP contribution < -0.4 is 5.32 Å². The standard InChI is InChI=1S/C18H17FN4O2S2/c1-11(16(24)21-6-5-14-9-20-10-22-14)23-17(25)15(27-18(23)26)8-12-3-2-4-13(19)7-12/h2-4,7-11H,5-6H2,1H3,(H,20,22)(H,21,24). The number of nitrogens with zero attached hydrogens (tertiary/aromatic N) is 2. The molecule has 1 aliphatic heterocycles. The maximum absolute atomic E-state index is 13.3.